The van der Waals surface area contributed by atoms with E-state index in [1.807, 2.05) is 0 Å². The number of rotatable bonds is 9. The standard InChI is InChI=1S/C13H16Cl2N2O4S2/c14-3-1-5-20-10-7-9-12(8-11(10)21-6-2-4-15)22-13(17-9)23(16,18)19/h7-8H,1-6H2,(H2,16,18,19). The van der Waals surface area contributed by atoms with Gasteiger partial charge in [0, 0.05) is 23.9 Å². The molecule has 2 aromatic rings. The zero-order valence-electron chi connectivity index (χ0n) is 12.1. The molecule has 2 N–H and O–H groups in total. The summed E-state index contributed by atoms with van der Waals surface area (Å²) in [6, 6.07) is 3.34. The number of alkyl halides is 2. The van der Waals surface area contributed by atoms with E-state index >= 15 is 0 Å². The Morgan fingerprint density at radius 2 is 1.65 bits per heavy atom. The van der Waals surface area contributed by atoms with Gasteiger partial charge < -0.3 is 9.47 Å². The third kappa shape index (κ3) is 5.09. The van der Waals surface area contributed by atoms with Gasteiger partial charge in [0.05, 0.1) is 23.4 Å². The lowest BCUT2D eigenvalue weighted by Gasteiger charge is -2.12. The molecule has 0 aliphatic carbocycles. The third-order valence-corrected chi connectivity index (χ3v) is 5.62. The summed E-state index contributed by atoms with van der Waals surface area (Å²) in [5.41, 5.74) is 0.490. The van der Waals surface area contributed by atoms with Gasteiger partial charge in [0.2, 0.25) is 4.34 Å². The van der Waals surface area contributed by atoms with E-state index < -0.39 is 10.0 Å². The Balaban J connectivity index is 2.35. The Kier molecular flexibility index (Phi) is 6.72. The topological polar surface area (TPSA) is 91.5 Å². The van der Waals surface area contributed by atoms with Crippen molar-refractivity contribution in [3.63, 3.8) is 0 Å². The van der Waals surface area contributed by atoms with Crippen molar-refractivity contribution in [1.29, 1.82) is 0 Å². The quantitative estimate of drug-likeness (QED) is 0.517. The number of hydrogen-bond donors (Lipinski definition) is 1. The first-order chi connectivity index (χ1) is 11.0. The van der Waals surface area contributed by atoms with Crippen LogP contribution in [0.3, 0.4) is 0 Å². The number of sulfonamides is 1. The van der Waals surface area contributed by atoms with Crippen molar-refractivity contribution in [3.05, 3.63) is 12.1 Å². The van der Waals surface area contributed by atoms with Gasteiger partial charge in [-0.1, -0.05) is 0 Å². The van der Waals surface area contributed by atoms with Gasteiger partial charge in [0.15, 0.2) is 11.5 Å². The molecule has 128 valence electrons. The van der Waals surface area contributed by atoms with Crippen LogP contribution in [-0.2, 0) is 10.0 Å². The number of halogens is 2. The molecular weight excluding hydrogens is 383 g/mol. The minimum absolute atomic E-state index is 0.142. The smallest absolute Gasteiger partial charge is 0.265 e. The lowest BCUT2D eigenvalue weighted by molar-refractivity contribution is 0.270. The lowest BCUT2D eigenvalue weighted by atomic mass is 10.3. The molecule has 0 radical (unpaired) electrons. The van der Waals surface area contributed by atoms with Crippen molar-refractivity contribution in [2.45, 2.75) is 17.2 Å². The van der Waals surface area contributed by atoms with Crippen molar-refractivity contribution >= 4 is 54.8 Å². The number of benzene rings is 1. The van der Waals surface area contributed by atoms with Gasteiger partial charge in [-0.2, -0.15) is 0 Å². The fourth-order valence-corrected chi connectivity index (χ4v) is 3.62. The summed E-state index contributed by atoms with van der Waals surface area (Å²) in [6.45, 7) is 0.856. The highest BCUT2D eigenvalue weighted by molar-refractivity contribution is 7.91. The maximum atomic E-state index is 11.4. The molecule has 0 amide bonds. The molecule has 1 aromatic heterocycles. The van der Waals surface area contributed by atoms with Gasteiger partial charge in [-0.05, 0) is 12.8 Å². The second-order valence-corrected chi connectivity index (χ2v) is 8.10. The van der Waals surface area contributed by atoms with E-state index in [9.17, 15) is 8.42 Å². The molecule has 10 heteroatoms. The largest absolute Gasteiger partial charge is 0.490 e. The second kappa shape index (κ2) is 8.34. The van der Waals surface area contributed by atoms with Gasteiger partial charge in [-0.15, -0.1) is 34.5 Å². The Morgan fingerprint density at radius 1 is 1.09 bits per heavy atom. The molecule has 0 bridgehead atoms. The Morgan fingerprint density at radius 3 is 2.17 bits per heavy atom. The van der Waals surface area contributed by atoms with E-state index in [1.165, 1.54) is 0 Å². The summed E-state index contributed by atoms with van der Waals surface area (Å²) in [6.07, 6.45) is 1.37. The van der Waals surface area contributed by atoms with Crippen LogP contribution in [-0.4, -0.2) is 38.4 Å². The summed E-state index contributed by atoms with van der Waals surface area (Å²) < 4.78 is 34.7. The summed E-state index contributed by atoms with van der Waals surface area (Å²) in [4.78, 5) is 4.03. The zero-order chi connectivity index (χ0) is 16.9. The number of thiazole rings is 1. The van der Waals surface area contributed by atoms with Crippen LogP contribution < -0.4 is 14.6 Å². The highest BCUT2D eigenvalue weighted by atomic mass is 35.5. The molecule has 0 aliphatic heterocycles. The predicted octanol–water partition coefficient (Wildman–Crippen LogP) is 2.96. The van der Waals surface area contributed by atoms with Crippen LogP contribution in [0, 0.1) is 0 Å². The van der Waals surface area contributed by atoms with E-state index in [1.54, 1.807) is 12.1 Å². The summed E-state index contributed by atoms with van der Waals surface area (Å²) in [5.74, 6) is 1.97. The van der Waals surface area contributed by atoms with Crippen molar-refractivity contribution in [2.75, 3.05) is 25.0 Å². The normalized spacial score (nSPS) is 11.8. The van der Waals surface area contributed by atoms with E-state index in [0.717, 1.165) is 11.3 Å². The summed E-state index contributed by atoms with van der Waals surface area (Å²) >= 11 is 12.3. The molecule has 6 nitrogen and oxygen atoms in total. The molecule has 2 rings (SSSR count). The number of aromatic nitrogens is 1. The number of fused-ring (bicyclic) bond motifs is 1. The van der Waals surface area contributed by atoms with Crippen LogP contribution in [0.4, 0.5) is 0 Å². The minimum atomic E-state index is -3.84. The minimum Gasteiger partial charge on any atom is -0.490 e. The van der Waals surface area contributed by atoms with Gasteiger partial charge in [0.1, 0.15) is 0 Å². The Bertz CT molecular complexity index is 718. The van der Waals surface area contributed by atoms with E-state index in [2.05, 4.69) is 4.98 Å². The molecule has 1 heterocycles. The Hall–Kier alpha value is -0.800. The average Bonchev–Trinajstić information content (AvgIpc) is 2.91. The van der Waals surface area contributed by atoms with Gasteiger partial charge in [-0.25, -0.2) is 18.5 Å². The molecule has 0 saturated heterocycles. The maximum absolute atomic E-state index is 11.4. The molecule has 0 unspecified atom stereocenters. The lowest BCUT2D eigenvalue weighted by Crippen LogP contribution is -2.11. The van der Waals surface area contributed by atoms with Crippen LogP contribution >= 0.6 is 34.5 Å². The van der Waals surface area contributed by atoms with Crippen LogP contribution in [0.1, 0.15) is 12.8 Å². The van der Waals surface area contributed by atoms with Crippen LogP contribution in [0.25, 0.3) is 10.2 Å². The fraction of sp³-hybridized carbons (Fsp3) is 0.462. The molecule has 23 heavy (non-hydrogen) atoms. The number of nitrogens with zero attached hydrogens (tertiary/aromatic N) is 1. The highest BCUT2D eigenvalue weighted by Gasteiger charge is 2.17. The first kappa shape index (κ1) is 18.5. The van der Waals surface area contributed by atoms with E-state index in [0.29, 0.717) is 59.5 Å². The third-order valence-electron chi connectivity index (χ3n) is 2.75. The fourth-order valence-electron chi connectivity index (χ4n) is 1.74. The number of nitrogens with two attached hydrogens (primary N) is 1. The van der Waals surface area contributed by atoms with Crippen molar-refractivity contribution < 1.29 is 17.9 Å². The maximum Gasteiger partial charge on any atom is 0.265 e. The van der Waals surface area contributed by atoms with E-state index in [4.69, 9.17) is 37.8 Å². The monoisotopic (exact) mass is 398 g/mol. The molecule has 1 aromatic carbocycles. The number of ether oxygens (including phenoxy) is 2. The number of hydrogen-bond acceptors (Lipinski definition) is 6. The Labute approximate surface area is 148 Å². The summed E-state index contributed by atoms with van der Waals surface area (Å²) in [5, 5.41) is 5.12. The zero-order valence-corrected chi connectivity index (χ0v) is 15.3. The van der Waals surface area contributed by atoms with E-state index in [-0.39, 0.29) is 4.34 Å². The summed E-state index contributed by atoms with van der Waals surface area (Å²) in [7, 11) is -3.84. The van der Waals surface area contributed by atoms with Crippen LogP contribution in [0.2, 0.25) is 0 Å². The van der Waals surface area contributed by atoms with Gasteiger partial charge in [-0.3, -0.25) is 0 Å². The predicted molar refractivity (Wildman–Crippen MR) is 92.7 cm³/mol. The highest BCUT2D eigenvalue weighted by Crippen LogP contribution is 2.36. The first-order valence-electron chi connectivity index (χ1n) is 6.80. The first-order valence-corrected chi connectivity index (χ1v) is 10.2. The van der Waals surface area contributed by atoms with Crippen LogP contribution in [0.5, 0.6) is 11.5 Å². The van der Waals surface area contributed by atoms with Crippen LogP contribution in [0.15, 0.2) is 16.5 Å². The SMILES string of the molecule is NS(=O)(=O)c1nc2cc(OCCCCl)c(OCCCCl)cc2s1. The van der Waals surface area contributed by atoms with Crippen molar-refractivity contribution in [1.82, 2.24) is 4.98 Å². The average molecular weight is 399 g/mol. The molecule has 0 aliphatic rings. The second-order valence-electron chi connectivity index (χ2n) is 4.57. The van der Waals surface area contributed by atoms with Crippen molar-refractivity contribution in [2.24, 2.45) is 5.14 Å². The molecule has 0 saturated carbocycles. The molecule has 0 atom stereocenters. The molecular formula is C13H16Cl2N2O4S2. The number of primary sulfonamides is 1. The van der Waals surface area contributed by atoms with Crippen molar-refractivity contribution in [3.8, 4) is 11.5 Å². The molecule has 0 fully saturated rings. The molecule has 0 spiro atoms. The van der Waals surface area contributed by atoms with Gasteiger partial charge >= 0.3 is 0 Å². The van der Waals surface area contributed by atoms with Gasteiger partial charge in [0.25, 0.3) is 10.0 Å².